The van der Waals surface area contributed by atoms with E-state index in [1.807, 2.05) is 6.21 Å². The van der Waals surface area contributed by atoms with Gasteiger partial charge in [-0.05, 0) is 0 Å². The van der Waals surface area contributed by atoms with Crippen LogP contribution in [0.2, 0.25) is 0 Å². The van der Waals surface area contributed by atoms with Gasteiger partial charge < -0.3 is 0 Å². The van der Waals surface area contributed by atoms with Crippen molar-refractivity contribution in [1.29, 1.82) is 0 Å². The van der Waals surface area contributed by atoms with Crippen LogP contribution in [0, 0.1) is 5.92 Å². The third kappa shape index (κ3) is 0.763. The van der Waals surface area contributed by atoms with Crippen molar-refractivity contribution in [3.63, 3.8) is 0 Å². The van der Waals surface area contributed by atoms with Crippen LogP contribution in [-0.2, 0) is 0 Å². The first-order valence-corrected chi connectivity index (χ1v) is 3.32. The van der Waals surface area contributed by atoms with Gasteiger partial charge in [0.15, 0.2) is 0 Å². The average Bonchev–Trinajstić information content (AvgIpc) is 2.33. The highest BCUT2D eigenvalue weighted by atomic mass is 15.2. The summed E-state index contributed by atoms with van der Waals surface area (Å²) in [5, 5.41) is 8.06. The smallest absolute Gasteiger partial charge is 0.0821 e. The molecule has 3 heteroatoms. The molecule has 0 bridgehead atoms. The first kappa shape index (κ1) is 5.09. The van der Waals surface area contributed by atoms with Gasteiger partial charge in [-0.25, -0.2) is 0 Å². The normalized spacial score (nSPS) is 39.1. The average molecular weight is 123 g/mol. The third-order valence-electron chi connectivity index (χ3n) is 1.91. The largest absolute Gasteiger partial charge is 0.297 e. The Kier molecular flexibility index (Phi) is 1.07. The van der Waals surface area contributed by atoms with Crippen molar-refractivity contribution < 1.29 is 0 Å². The van der Waals surface area contributed by atoms with Crippen LogP contribution in [0.25, 0.3) is 0 Å². The Labute approximate surface area is 53.9 Å². The number of fused-ring (bicyclic) bond motifs is 1. The minimum Gasteiger partial charge on any atom is -0.297 e. The predicted molar refractivity (Wildman–Crippen MR) is 35.0 cm³/mol. The number of hydrogen-bond acceptors (Lipinski definition) is 3. The standard InChI is InChI=1S/C6H9N3/c1-2-7-3-5-4-8-9-6(1)5/h2,5-6H,1,3-4H2. The van der Waals surface area contributed by atoms with E-state index in [9.17, 15) is 0 Å². The summed E-state index contributed by atoms with van der Waals surface area (Å²) in [5.74, 6) is 0.634. The zero-order valence-electron chi connectivity index (χ0n) is 5.20. The Morgan fingerprint density at radius 1 is 1.33 bits per heavy atom. The molecule has 0 N–H and O–H groups in total. The second-order valence-electron chi connectivity index (χ2n) is 2.55. The van der Waals surface area contributed by atoms with Crippen molar-refractivity contribution >= 4 is 6.21 Å². The van der Waals surface area contributed by atoms with Crippen LogP contribution in [0.4, 0.5) is 0 Å². The molecule has 2 atom stereocenters. The number of aliphatic imine (C=N–C) groups is 1. The fourth-order valence-electron chi connectivity index (χ4n) is 1.28. The Hall–Kier alpha value is -0.730. The van der Waals surface area contributed by atoms with Gasteiger partial charge in [-0.3, -0.25) is 4.99 Å². The molecule has 0 aromatic rings. The van der Waals surface area contributed by atoms with Crippen LogP contribution >= 0.6 is 0 Å². The summed E-state index contributed by atoms with van der Waals surface area (Å²) in [4.78, 5) is 4.17. The zero-order chi connectivity index (χ0) is 6.10. The molecule has 2 unspecified atom stereocenters. The summed E-state index contributed by atoms with van der Waals surface area (Å²) in [6.07, 6.45) is 2.97. The molecule has 0 aromatic heterocycles. The second-order valence-corrected chi connectivity index (χ2v) is 2.55. The Bertz CT molecular complexity index is 162. The summed E-state index contributed by atoms with van der Waals surface area (Å²) in [7, 11) is 0. The molecule has 0 amide bonds. The molecule has 2 aliphatic heterocycles. The summed E-state index contributed by atoms with van der Waals surface area (Å²) in [6, 6.07) is 0.475. The van der Waals surface area contributed by atoms with Crippen molar-refractivity contribution in [3.8, 4) is 0 Å². The lowest BCUT2D eigenvalue weighted by molar-refractivity contribution is 0.489. The first-order valence-electron chi connectivity index (χ1n) is 3.32. The van der Waals surface area contributed by atoms with Crippen molar-refractivity contribution in [1.82, 2.24) is 0 Å². The van der Waals surface area contributed by atoms with Crippen molar-refractivity contribution in [2.75, 3.05) is 13.1 Å². The highest BCUT2D eigenvalue weighted by Crippen LogP contribution is 2.21. The molecule has 9 heavy (non-hydrogen) atoms. The minimum atomic E-state index is 0.475. The summed E-state index contributed by atoms with van der Waals surface area (Å²) < 4.78 is 0. The van der Waals surface area contributed by atoms with Crippen LogP contribution in [0.3, 0.4) is 0 Å². The lowest BCUT2D eigenvalue weighted by atomic mass is 9.97. The maximum atomic E-state index is 4.17. The van der Waals surface area contributed by atoms with Gasteiger partial charge in [-0.1, -0.05) is 0 Å². The van der Waals surface area contributed by atoms with E-state index in [1.54, 1.807) is 0 Å². The van der Waals surface area contributed by atoms with E-state index in [0.29, 0.717) is 12.0 Å². The SMILES string of the molecule is C1=NCC2CN=NC2C1. The number of nitrogens with zero attached hydrogens (tertiary/aromatic N) is 3. The number of azo groups is 1. The van der Waals surface area contributed by atoms with Gasteiger partial charge in [0.25, 0.3) is 0 Å². The van der Waals surface area contributed by atoms with Gasteiger partial charge in [-0.15, -0.1) is 0 Å². The van der Waals surface area contributed by atoms with Gasteiger partial charge in [0.1, 0.15) is 0 Å². The van der Waals surface area contributed by atoms with Crippen LogP contribution in [0.1, 0.15) is 6.42 Å². The van der Waals surface area contributed by atoms with Crippen LogP contribution in [0.5, 0.6) is 0 Å². The number of rotatable bonds is 0. The second kappa shape index (κ2) is 1.90. The van der Waals surface area contributed by atoms with E-state index in [2.05, 4.69) is 15.2 Å². The van der Waals surface area contributed by atoms with E-state index in [1.165, 1.54) is 0 Å². The molecule has 2 aliphatic rings. The maximum Gasteiger partial charge on any atom is 0.0821 e. The first-order chi connectivity index (χ1) is 4.47. The molecular formula is C6H9N3. The van der Waals surface area contributed by atoms with Crippen LogP contribution < -0.4 is 0 Å². The third-order valence-corrected chi connectivity index (χ3v) is 1.91. The minimum absolute atomic E-state index is 0.475. The summed E-state index contributed by atoms with van der Waals surface area (Å²) >= 11 is 0. The van der Waals surface area contributed by atoms with Gasteiger partial charge in [0.2, 0.25) is 0 Å². The number of hydrogen-bond donors (Lipinski definition) is 0. The lowest BCUT2D eigenvalue weighted by Gasteiger charge is -2.15. The fraction of sp³-hybridized carbons (Fsp3) is 0.833. The van der Waals surface area contributed by atoms with Gasteiger partial charge >= 0.3 is 0 Å². The molecular weight excluding hydrogens is 114 g/mol. The summed E-state index contributed by atoms with van der Waals surface area (Å²) in [5.41, 5.74) is 0. The monoisotopic (exact) mass is 123 g/mol. The van der Waals surface area contributed by atoms with Crippen molar-refractivity contribution in [2.45, 2.75) is 12.5 Å². The molecule has 0 saturated heterocycles. The molecule has 48 valence electrons. The molecule has 2 rings (SSSR count). The van der Waals surface area contributed by atoms with Gasteiger partial charge in [0, 0.05) is 25.1 Å². The van der Waals surface area contributed by atoms with Crippen molar-refractivity contribution in [2.24, 2.45) is 21.1 Å². The lowest BCUT2D eigenvalue weighted by Crippen LogP contribution is -2.23. The van der Waals surface area contributed by atoms with Gasteiger partial charge in [0.05, 0.1) is 12.6 Å². The fourth-order valence-corrected chi connectivity index (χ4v) is 1.28. The predicted octanol–water partition coefficient (Wildman–Crippen LogP) is 0.912. The zero-order valence-corrected chi connectivity index (χ0v) is 5.20. The maximum absolute atomic E-state index is 4.17. The quantitative estimate of drug-likeness (QED) is 0.459. The van der Waals surface area contributed by atoms with E-state index in [-0.39, 0.29) is 0 Å². The Morgan fingerprint density at radius 3 is 3.22 bits per heavy atom. The molecule has 0 saturated carbocycles. The molecule has 0 aromatic carbocycles. The van der Waals surface area contributed by atoms with Gasteiger partial charge in [-0.2, -0.15) is 10.2 Å². The van der Waals surface area contributed by atoms with E-state index in [4.69, 9.17) is 0 Å². The molecule has 3 nitrogen and oxygen atoms in total. The molecule has 2 heterocycles. The highest BCUT2D eigenvalue weighted by molar-refractivity contribution is 5.59. The van der Waals surface area contributed by atoms with E-state index < -0.39 is 0 Å². The van der Waals surface area contributed by atoms with E-state index >= 15 is 0 Å². The van der Waals surface area contributed by atoms with Crippen molar-refractivity contribution in [3.05, 3.63) is 0 Å². The van der Waals surface area contributed by atoms with E-state index in [0.717, 1.165) is 19.5 Å². The Morgan fingerprint density at radius 2 is 2.33 bits per heavy atom. The topological polar surface area (TPSA) is 37.1 Å². The van der Waals surface area contributed by atoms with Crippen LogP contribution in [-0.4, -0.2) is 25.3 Å². The van der Waals surface area contributed by atoms with Crippen LogP contribution in [0.15, 0.2) is 15.2 Å². The molecule has 0 radical (unpaired) electrons. The summed E-state index contributed by atoms with van der Waals surface area (Å²) in [6.45, 7) is 1.85. The Balaban J connectivity index is 2.13. The highest BCUT2D eigenvalue weighted by Gasteiger charge is 2.26. The molecule has 0 aliphatic carbocycles. The molecule has 0 spiro atoms. The molecule has 0 fully saturated rings.